The number of hydrogen-bond donors (Lipinski definition) is 1. The normalized spacial score (nSPS) is 20.5. The standard InChI is InChI=1S/C21H34N4O3/c1-22-21(23-8-4-13-27-16-18-7-14-28-17-18)25-11-9-24(10-12-25)19-5-3-6-20(15-19)26-2/h3,5-6,15,18H,4,7-14,16-17H2,1-2H3,(H,22,23). The molecular weight excluding hydrogens is 356 g/mol. The summed E-state index contributed by atoms with van der Waals surface area (Å²) in [5, 5.41) is 3.47. The summed E-state index contributed by atoms with van der Waals surface area (Å²) in [6.07, 6.45) is 2.11. The predicted octanol–water partition coefficient (Wildman–Crippen LogP) is 1.84. The summed E-state index contributed by atoms with van der Waals surface area (Å²) in [5.41, 5.74) is 1.21. The largest absolute Gasteiger partial charge is 0.497 e. The third kappa shape index (κ3) is 6.01. The highest BCUT2D eigenvalue weighted by Gasteiger charge is 2.20. The second-order valence-corrected chi connectivity index (χ2v) is 7.31. The second kappa shape index (κ2) is 11.1. The Bertz CT molecular complexity index is 611. The maximum absolute atomic E-state index is 5.77. The highest BCUT2D eigenvalue weighted by Crippen LogP contribution is 2.22. The highest BCUT2D eigenvalue weighted by atomic mass is 16.5. The molecule has 2 aliphatic heterocycles. The minimum atomic E-state index is 0.585. The number of rotatable bonds is 8. The Labute approximate surface area is 168 Å². The van der Waals surface area contributed by atoms with Crippen LogP contribution < -0.4 is 15.0 Å². The molecule has 28 heavy (non-hydrogen) atoms. The first-order valence-electron chi connectivity index (χ1n) is 10.3. The van der Waals surface area contributed by atoms with E-state index in [1.165, 1.54) is 5.69 Å². The average molecular weight is 391 g/mol. The fourth-order valence-electron chi connectivity index (χ4n) is 3.66. The molecule has 156 valence electrons. The molecular formula is C21H34N4O3. The zero-order chi connectivity index (χ0) is 19.6. The van der Waals surface area contributed by atoms with Gasteiger partial charge in [0.25, 0.3) is 0 Å². The van der Waals surface area contributed by atoms with E-state index < -0.39 is 0 Å². The topological polar surface area (TPSA) is 58.6 Å². The van der Waals surface area contributed by atoms with E-state index in [1.807, 2.05) is 19.2 Å². The number of nitrogens with one attached hydrogen (secondary N) is 1. The second-order valence-electron chi connectivity index (χ2n) is 7.31. The van der Waals surface area contributed by atoms with Gasteiger partial charge in [-0.05, 0) is 25.0 Å². The Kier molecular flexibility index (Phi) is 8.23. The fourth-order valence-corrected chi connectivity index (χ4v) is 3.66. The molecule has 2 fully saturated rings. The molecule has 0 saturated carbocycles. The Balaban J connectivity index is 1.34. The molecule has 2 heterocycles. The number of ether oxygens (including phenoxy) is 3. The van der Waals surface area contributed by atoms with Gasteiger partial charge in [-0.3, -0.25) is 4.99 Å². The summed E-state index contributed by atoms with van der Waals surface area (Å²) in [5.74, 6) is 2.47. The monoisotopic (exact) mass is 390 g/mol. The Morgan fingerprint density at radius 3 is 2.86 bits per heavy atom. The summed E-state index contributed by atoms with van der Waals surface area (Å²) in [6, 6.07) is 8.27. The minimum Gasteiger partial charge on any atom is -0.497 e. The van der Waals surface area contributed by atoms with Gasteiger partial charge in [0.05, 0.1) is 20.3 Å². The van der Waals surface area contributed by atoms with Crippen LogP contribution in [-0.4, -0.2) is 84.2 Å². The number of hydrogen-bond acceptors (Lipinski definition) is 5. The van der Waals surface area contributed by atoms with Crippen LogP contribution in [0.1, 0.15) is 12.8 Å². The predicted molar refractivity (Wildman–Crippen MR) is 113 cm³/mol. The molecule has 1 aromatic carbocycles. The summed E-state index contributed by atoms with van der Waals surface area (Å²) in [4.78, 5) is 9.18. The van der Waals surface area contributed by atoms with Crippen molar-refractivity contribution < 1.29 is 14.2 Å². The van der Waals surface area contributed by atoms with E-state index in [0.717, 1.165) is 83.7 Å². The molecule has 0 amide bonds. The van der Waals surface area contributed by atoms with E-state index in [1.54, 1.807) is 7.11 Å². The van der Waals surface area contributed by atoms with Gasteiger partial charge < -0.3 is 29.3 Å². The SMILES string of the molecule is CN=C(NCCCOCC1CCOC1)N1CCN(c2cccc(OC)c2)CC1. The quantitative estimate of drug-likeness (QED) is 0.415. The summed E-state index contributed by atoms with van der Waals surface area (Å²) < 4.78 is 16.5. The van der Waals surface area contributed by atoms with Gasteiger partial charge in [0, 0.05) is 70.7 Å². The van der Waals surface area contributed by atoms with Crippen LogP contribution in [0.15, 0.2) is 29.3 Å². The number of anilines is 1. The summed E-state index contributed by atoms with van der Waals surface area (Å²) in [6.45, 7) is 8.07. The fraction of sp³-hybridized carbons (Fsp3) is 0.667. The molecule has 1 N–H and O–H groups in total. The Hall–Kier alpha value is -1.99. The number of nitrogens with zero attached hydrogens (tertiary/aromatic N) is 3. The van der Waals surface area contributed by atoms with Crippen LogP contribution in [0.2, 0.25) is 0 Å². The smallest absolute Gasteiger partial charge is 0.193 e. The Morgan fingerprint density at radius 1 is 1.29 bits per heavy atom. The van der Waals surface area contributed by atoms with Crippen molar-refractivity contribution in [1.82, 2.24) is 10.2 Å². The number of guanidine groups is 1. The van der Waals surface area contributed by atoms with Crippen molar-refractivity contribution in [3.8, 4) is 5.75 Å². The lowest BCUT2D eigenvalue weighted by molar-refractivity contribution is 0.0887. The van der Waals surface area contributed by atoms with Crippen LogP contribution in [0.3, 0.4) is 0 Å². The number of aliphatic imine (C=N–C) groups is 1. The molecule has 0 aromatic heterocycles. The van der Waals surface area contributed by atoms with Crippen molar-refractivity contribution in [2.24, 2.45) is 10.9 Å². The lowest BCUT2D eigenvalue weighted by Gasteiger charge is -2.37. The molecule has 2 saturated heterocycles. The molecule has 1 aromatic rings. The van der Waals surface area contributed by atoms with Gasteiger partial charge in [-0.25, -0.2) is 0 Å². The first-order valence-corrected chi connectivity index (χ1v) is 10.3. The molecule has 3 rings (SSSR count). The van der Waals surface area contributed by atoms with Gasteiger partial charge in [-0.15, -0.1) is 0 Å². The van der Waals surface area contributed by atoms with E-state index >= 15 is 0 Å². The van der Waals surface area contributed by atoms with Crippen molar-refractivity contribution in [3.63, 3.8) is 0 Å². The Morgan fingerprint density at radius 2 is 2.14 bits per heavy atom. The molecule has 0 radical (unpaired) electrons. The van der Waals surface area contributed by atoms with E-state index in [4.69, 9.17) is 14.2 Å². The van der Waals surface area contributed by atoms with Gasteiger partial charge in [-0.1, -0.05) is 6.07 Å². The van der Waals surface area contributed by atoms with E-state index in [-0.39, 0.29) is 0 Å². The van der Waals surface area contributed by atoms with Crippen LogP contribution in [0.4, 0.5) is 5.69 Å². The highest BCUT2D eigenvalue weighted by molar-refractivity contribution is 5.80. The van der Waals surface area contributed by atoms with Crippen LogP contribution in [-0.2, 0) is 9.47 Å². The van der Waals surface area contributed by atoms with Crippen LogP contribution in [0.25, 0.3) is 0 Å². The van der Waals surface area contributed by atoms with E-state index in [9.17, 15) is 0 Å². The molecule has 0 bridgehead atoms. The molecule has 7 heteroatoms. The molecule has 0 aliphatic carbocycles. The van der Waals surface area contributed by atoms with Crippen molar-refractivity contribution in [1.29, 1.82) is 0 Å². The van der Waals surface area contributed by atoms with E-state index in [0.29, 0.717) is 5.92 Å². The zero-order valence-corrected chi connectivity index (χ0v) is 17.2. The maximum atomic E-state index is 5.77. The van der Waals surface area contributed by atoms with Gasteiger partial charge in [0.2, 0.25) is 0 Å². The van der Waals surface area contributed by atoms with E-state index in [2.05, 4.69) is 32.2 Å². The van der Waals surface area contributed by atoms with Gasteiger partial charge >= 0.3 is 0 Å². The van der Waals surface area contributed by atoms with Crippen molar-refractivity contribution in [2.75, 3.05) is 78.2 Å². The van der Waals surface area contributed by atoms with Crippen molar-refractivity contribution in [3.05, 3.63) is 24.3 Å². The molecule has 1 atom stereocenters. The summed E-state index contributed by atoms with van der Waals surface area (Å²) >= 11 is 0. The van der Waals surface area contributed by atoms with Gasteiger partial charge in [0.15, 0.2) is 5.96 Å². The van der Waals surface area contributed by atoms with Crippen molar-refractivity contribution in [2.45, 2.75) is 12.8 Å². The van der Waals surface area contributed by atoms with Gasteiger partial charge in [-0.2, -0.15) is 0 Å². The molecule has 7 nitrogen and oxygen atoms in total. The van der Waals surface area contributed by atoms with Crippen molar-refractivity contribution >= 4 is 11.6 Å². The molecule has 0 spiro atoms. The maximum Gasteiger partial charge on any atom is 0.193 e. The molecule has 2 aliphatic rings. The molecule has 1 unspecified atom stereocenters. The van der Waals surface area contributed by atoms with Crippen LogP contribution in [0.5, 0.6) is 5.75 Å². The lowest BCUT2D eigenvalue weighted by atomic mass is 10.1. The number of piperazine rings is 1. The lowest BCUT2D eigenvalue weighted by Crippen LogP contribution is -2.52. The third-order valence-electron chi connectivity index (χ3n) is 5.34. The summed E-state index contributed by atoms with van der Waals surface area (Å²) in [7, 11) is 3.56. The minimum absolute atomic E-state index is 0.585. The first-order chi connectivity index (χ1) is 13.8. The van der Waals surface area contributed by atoms with Crippen LogP contribution >= 0.6 is 0 Å². The first kappa shape index (κ1) is 20.7. The zero-order valence-electron chi connectivity index (χ0n) is 17.2. The third-order valence-corrected chi connectivity index (χ3v) is 5.34. The van der Waals surface area contributed by atoms with Crippen LogP contribution in [0, 0.1) is 5.92 Å². The number of benzene rings is 1. The van der Waals surface area contributed by atoms with Gasteiger partial charge in [0.1, 0.15) is 5.75 Å². The number of methoxy groups -OCH3 is 1. The average Bonchev–Trinajstić information content (AvgIpc) is 3.27.